The van der Waals surface area contributed by atoms with Gasteiger partial charge in [0.15, 0.2) is 0 Å². The molecule has 0 aliphatic heterocycles. The van der Waals surface area contributed by atoms with Gasteiger partial charge in [0.1, 0.15) is 0 Å². The first-order chi connectivity index (χ1) is 3.42. The molecule has 0 radical (unpaired) electrons. The van der Waals surface area contributed by atoms with Crippen LogP contribution >= 0.6 is 0 Å². The fourth-order valence-electron chi connectivity index (χ4n) is 0.251. The van der Waals surface area contributed by atoms with Gasteiger partial charge in [-0.05, 0) is 0 Å². The van der Waals surface area contributed by atoms with Crippen molar-refractivity contribution in [2.24, 2.45) is 0 Å². The van der Waals surface area contributed by atoms with Crippen molar-refractivity contribution in [1.82, 2.24) is 0 Å². The van der Waals surface area contributed by atoms with Crippen LogP contribution in [0.25, 0.3) is 0 Å². The zero-order valence-electron chi connectivity index (χ0n) is 4.37. The molecule has 5 heteroatoms. The summed E-state index contributed by atoms with van der Waals surface area (Å²) in [6.07, 6.45) is 0. The van der Waals surface area contributed by atoms with Gasteiger partial charge in [0, 0.05) is 0 Å². The Kier molecular flexibility index (Phi) is 2.31. The molecule has 48 valence electrons. The molecule has 1 unspecified atom stereocenters. The third kappa shape index (κ3) is 5.79. The first kappa shape index (κ1) is 7.79. The van der Waals surface area contributed by atoms with Gasteiger partial charge in [-0.1, -0.05) is 0 Å². The predicted octanol–water partition coefficient (Wildman–Crippen LogP) is -0.434. The summed E-state index contributed by atoms with van der Waals surface area (Å²) in [6, 6.07) is 0. The summed E-state index contributed by atoms with van der Waals surface area (Å²) in [5.74, 6) is -1.21. The number of aliphatic carboxylic acids is 1. The molecule has 0 rings (SSSR count). The van der Waals surface area contributed by atoms with Crippen molar-refractivity contribution < 1.29 is 17.7 Å². The number of rotatable bonds is 2. The van der Waals surface area contributed by atoms with E-state index < -0.39 is 25.0 Å². The third-order valence-corrected chi connectivity index (χ3v) is 2.23. The SMILES string of the molecule is C[As](=O)(O)CC(=O)O. The van der Waals surface area contributed by atoms with E-state index in [-0.39, 0.29) is 0 Å². The van der Waals surface area contributed by atoms with Crippen LogP contribution in [-0.4, -0.2) is 29.0 Å². The average Bonchev–Trinajstić information content (AvgIpc) is 1.21. The molecule has 0 aromatic rings. The van der Waals surface area contributed by atoms with E-state index in [0.29, 0.717) is 0 Å². The molecule has 0 saturated carbocycles. The van der Waals surface area contributed by atoms with Gasteiger partial charge in [-0.15, -0.1) is 0 Å². The molecule has 0 bridgehead atoms. The Balaban J connectivity index is 3.74. The Hall–Kier alpha value is -0.212. The number of hydrogen-bond acceptors (Lipinski definition) is 2. The second-order valence-electron chi connectivity index (χ2n) is 1.60. The summed E-state index contributed by atoms with van der Waals surface area (Å²) in [4.78, 5) is 9.70. The van der Waals surface area contributed by atoms with Gasteiger partial charge in [0.2, 0.25) is 0 Å². The molecule has 0 amide bonds. The maximum atomic E-state index is 10.3. The molecule has 2 N–H and O–H groups in total. The Labute approximate surface area is 49.2 Å². The monoisotopic (exact) mass is 182 g/mol. The van der Waals surface area contributed by atoms with Crippen LogP contribution in [0.5, 0.6) is 0 Å². The van der Waals surface area contributed by atoms with E-state index in [4.69, 9.17) is 9.20 Å². The zero-order valence-corrected chi connectivity index (χ0v) is 6.24. The van der Waals surface area contributed by atoms with Crippen LogP contribution in [-0.2, 0) is 8.53 Å². The molecule has 0 aliphatic rings. The molecular formula is C3H7AsO4. The van der Waals surface area contributed by atoms with E-state index in [2.05, 4.69) is 0 Å². The number of carboxylic acids is 1. The fourth-order valence-corrected chi connectivity index (χ4v) is 1.30. The first-order valence-corrected chi connectivity index (χ1v) is 6.74. The van der Waals surface area contributed by atoms with E-state index in [1.165, 1.54) is 0 Å². The van der Waals surface area contributed by atoms with Crippen LogP contribution in [0.1, 0.15) is 0 Å². The first-order valence-electron chi connectivity index (χ1n) is 1.93. The number of carboxylic acid groups (broad SMARTS) is 1. The van der Waals surface area contributed by atoms with Crippen molar-refractivity contribution in [3.8, 4) is 0 Å². The standard InChI is InChI=1S/C3H7AsO4/c1-4(7,8)2-3(5)6/h2H2,1H3,(H,5,6)(H,7,8). The molecule has 1 atom stereocenters. The van der Waals surface area contributed by atoms with E-state index in [1.807, 2.05) is 0 Å². The Morgan fingerprint density at radius 1 is 1.75 bits per heavy atom. The predicted molar refractivity (Wildman–Crippen MR) is 27.0 cm³/mol. The van der Waals surface area contributed by atoms with Crippen LogP contribution < -0.4 is 0 Å². The van der Waals surface area contributed by atoms with Crippen molar-refractivity contribution in [3.05, 3.63) is 0 Å². The number of carbonyl (C=O) groups is 1. The van der Waals surface area contributed by atoms with Crippen LogP contribution in [0.3, 0.4) is 0 Å². The molecule has 0 aromatic heterocycles. The minimum atomic E-state index is -3.86. The molecular weight excluding hydrogens is 175 g/mol. The van der Waals surface area contributed by atoms with Crippen LogP contribution in [0.2, 0.25) is 10.9 Å². The summed E-state index contributed by atoms with van der Waals surface area (Å²) < 4.78 is 18.7. The van der Waals surface area contributed by atoms with Gasteiger partial charge < -0.3 is 0 Å². The summed E-state index contributed by atoms with van der Waals surface area (Å²) in [7, 11) is 0. The van der Waals surface area contributed by atoms with Gasteiger partial charge in [0.05, 0.1) is 0 Å². The second kappa shape index (κ2) is 2.37. The van der Waals surface area contributed by atoms with E-state index >= 15 is 0 Å². The summed E-state index contributed by atoms with van der Waals surface area (Å²) in [6.45, 7) is 0. The van der Waals surface area contributed by atoms with Crippen molar-refractivity contribution in [1.29, 1.82) is 0 Å². The molecule has 0 spiro atoms. The van der Waals surface area contributed by atoms with Crippen molar-refractivity contribution in [3.63, 3.8) is 0 Å². The van der Waals surface area contributed by atoms with Crippen LogP contribution in [0.4, 0.5) is 0 Å². The van der Waals surface area contributed by atoms with Gasteiger partial charge in [0.25, 0.3) is 0 Å². The summed E-state index contributed by atoms with van der Waals surface area (Å²) in [5, 5.41) is 7.35. The maximum absolute atomic E-state index is 10.3. The number of hydrogen-bond donors (Lipinski definition) is 2. The molecule has 0 aliphatic carbocycles. The van der Waals surface area contributed by atoms with Crippen LogP contribution in [0, 0.1) is 0 Å². The van der Waals surface area contributed by atoms with Gasteiger partial charge >= 0.3 is 48.5 Å². The molecule has 0 aromatic carbocycles. The average molecular weight is 182 g/mol. The van der Waals surface area contributed by atoms with Crippen molar-refractivity contribution in [2.45, 2.75) is 10.9 Å². The van der Waals surface area contributed by atoms with Crippen molar-refractivity contribution in [2.75, 3.05) is 0 Å². The van der Waals surface area contributed by atoms with Gasteiger partial charge in [-0.25, -0.2) is 0 Å². The zero-order chi connectivity index (χ0) is 6.78. The molecule has 0 heterocycles. The molecule has 8 heavy (non-hydrogen) atoms. The third-order valence-electron chi connectivity index (χ3n) is 0.429. The topological polar surface area (TPSA) is 74.6 Å². The second-order valence-corrected chi connectivity index (χ2v) is 6.68. The van der Waals surface area contributed by atoms with Crippen LogP contribution in [0.15, 0.2) is 0 Å². The Morgan fingerprint density at radius 3 is 2.12 bits per heavy atom. The van der Waals surface area contributed by atoms with E-state index in [0.717, 1.165) is 5.71 Å². The molecule has 0 fully saturated rings. The Bertz CT molecular complexity index is 134. The normalized spacial score (nSPS) is 17.2. The fraction of sp³-hybridized carbons (Fsp3) is 0.667. The molecule has 0 saturated heterocycles. The quantitative estimate of drug-likeness (QED) is 0.568. The molecule has 4 nitrogen and oxygen atoms in total. The van der Waals surface area contributed by atoms with Crippen molar-refractivity contribution >= 4 is 19.8 Å². The Morgan fingerprint density at radius 2 is 2.12 bits per heavy atom. The van der Waals surface area contributed by atoms with Gasteiger partial charge in [-0.3, -0.25) is 0 Å². The van der Waals surface area contributed by atoms with E-state index in [9.17, 15) is 8.53 Å². The minimum absolute atomic E-state index is 0.585. The summed E-state index contributed by atoms with van der Waals surface area (Å²) >= 11 is -3.86. The van der Waals surface area contributed by atoms with E-state index in [1.54, 1.807) is 0 Å². The summed E-state index contributed by atoms with van der Waals surface area (Å²) in [5.41, 5.74) is 1.08. The van der Waals surface area contributed by atoms with Gasteiger partial charge in [-0.2, -0.15) is 0 Å².